The minimum absolute atomic E-state index is 0.601. The minimum atomic E-state index is 0.601. The Bertz CT molecular complexity index is 2840. The predicted octanol–water partition coefficient (Wildman–Crippen LogP) is 12.0. The fourth-order valence-corrected chi connectivity index (χ4v) is 7.95. The summed E-state index contributed by atoms with van der Waals surface area (Å²) in [5.41, 5.74) is 6.76. The van der Waals surface area contributed by atoms with E-state index in [0.717, 1.165) is 49.6 Å². The van der Waals surface area contributed by atoms with Gasteiger partial charge in [0.2, 0.25) is 0 Å². The lowest BCUT2D eigenvalue weighted by Gasteiger charge is -2.11. The van der Waals surface area contributed by atoms with Crippen molar-refractivity contribution in [3.05, 3.63) is 152 Å². The van der Waals surface area contributed by atoms with Crippen molar-refractivity contribution in [2.75, 3.05) is 0 Å². The largest absolute Gasteiger partial charge is 0.456 e. The summed E-state index contributed by atoms with van der Waals surface area (Å²) in [6.07, 6.45) is 0. The van der Waals surface area contributed by atoms with Crippen molar-refractivity contribution in [3.63, 3.8) is 0 Å². The lowest BCUT2D eigenvalue weighted by atomic mass is 9.97. The van der Waals surface area contributed by atoms with Crippen LogP contribution >= 0.6 is 11.3 Å². The van der Waals surface area contributed by atoms with Gasteiger partial charge in [-0.3, -0.25) is 0 Å². The molecule has 3 aromatic heterocycles. The summed E-state index contributed by atoms with van der Waals surface area (Å²) in [6, 6.07) is 52.8. The van der Waals surface area contributed by atoms with Crippen LogP contribution in [0, 0.1) is 0 Å². The van der Waals surface area contributed by atoms with Crippen molar-refractivity contribution in [1.82, 2.24) is 15.0 Å². The summed E-state index contributed by atoms with van der Waals surface area (Å²) in [4.78, 5) is 15.2. The van der Waals surface area contributed by atoms with Crippen molar-refractivity contribution in [3.8, 4) is 45.3 Å². The molecule has 0 aliphatic carbocycles. The first-order chi connectivity index (χ1) is 23.7. The van der Waals surface area contributed by atoms with Crippen molar-refractivity contribution in [2.24, 2.45) is 0 Å². The highest BCUT2D eigenvalue weighted by Crippen LogP contribution is 2.43. The van der Waals surface area contributed by atoms with Crippen molar-refractivity contribution in [1.29, 1.82) is 0 Å². The summed E-state index contributed by atoms with van der Waals surface area (Å²) in [6.45, 7) is 0. The van der Waals surface area contributed by atoms with Gasteiger partial charge in [-0.2, -0.15) is 0 Å². The van der Waals surface area contributed by atoms with Crippen molar-refractivity contribution >= 4 is 64.2 Å². The molecule has 0 atom stereocenters. The molecule has 224 valence electrons. The van der Waals surface area contributed by atoms with Gasteiger partial charge in [-0.1, -0.05) is 109 Å². The number of furan rings is 1. The summed E-state index contributed by atoms with van der Waals surface area (Å²) in [7, 11) is 0. The topological polar surface area (TPSA) is 51.8 Å². The van der Waals surface area contributed by atoms with Crippen LogP contribution in [0.25, 0.3) is 98.2 Å². The smallest absolute Gasteiger partial charge is 0.164 e. The van der Waals surface area contributed by atoms with Gasteiger partial charge in [-0.05, 0) is 64.4 Å². The van der Waals surface area contributed by atoms with Gasteiger partial charge in [0.05, 0.1) is 0 Å². The lowest BCUT2D eigenvalue weighted by Crippen LogP contribution is -2.00. The second-order valence-corrected chi connectivity index (χ2v) is 13.1. The molecular formula is C43H25N3OS. The molecule has 0 bridgehead atoms. The van der Waals surface area contributed by atoms with Gasteiger partial charge in [0.1, 0.15) is 11.2 Å². The van der Waals surface area contributed by atoms with E-state index in [1.54, 1.807) is 11.3 Å². The zero-order valence-electron chi connectivity index (χ0n) is 25.6. The van der Waals surface area contributed by atoms with Crippen molar-refractivity contribution in [2.45, 2.75) is 0 Å². The number of benzene rings is 7. The molecule has 0 aliphatic rings. The highest BCUT2D eigenvalue weighted by molar-refractivity contribution is 7.26. The maximum Gasteiger partial charge on any atom is 0.164 e. The van der Waals surface area contributed by atoms with E-state index in [0.29, 0.717) is 17.5 Å². The van der Waals surface area contributed by atoms with Gasteiger partial charge in [-0.25, -0.2) is 15.0 Å². The van der Waals surface area contributed by atoms with E-state index >= 15 is 0 Å². The second-order valence-electron chi connectivity index (χ2n) is 12.0. The van der Waals surface area contributed by atoms with E-state index in [2.05, 4.69) is 121 Å². The third kappa shape index (κ3) is 4.40. The molecule has 0 amide bonds. The molecule has 0 N–H and O–H groups in total. The molecule has 3 heterocycles. The van der Waals surface area contributed by atoms with E-state index in [9.17, 15) is 0 Å². The molecule has 0 fully saturated rings. The Morgan fingerprint density at radius 2 is 1.02 bits per heavy atom. The first kappa shape index (κ1) is 27.0. The molecule has 0 spiro atoms. The molecule has 5 heteroatoms. The second kappa shape index (κ2) is 10.7. The van der Waals surface area contributed by atoms with Gasteiger partial charge in [0, 0.05) is 47.6 Å². The van der Waals surface area contributed by atoms with Crippen LogP contribution in [0.1, 0.15) is 0 Å². The van der Waals surface area contributed by atoms with Gasteiger partial charge < -0.3 is 4.42 Å². The Hall–Kier alpha value is -6.17. The van der Waals surface area contributed by atoms with Crippen molar-refractivity contribution < 1.29 is 4.42 Å². The number of thiophene rings is 1. The first-order valence-electron chi connectivity index (χ1n) is 15.9. The third-order valence-electron chi connectivity index (χ3n) is 9.09. The first-order valence-corrected chi connectivity index (χ1v) is 16.7. The predicted molar refractivity (Wildman–Crippen MR) is 199 cm³/mol. The Balaban J connectivity index is 1.20. The van der Waals surface area contributed by atoms with Gasteiger partial charge in [0.15, 0.2) is 17.5 Å². The van der Waals surface area contributed by atoms with E-state index in [4.69, 9.17) is 19.4 Å². The highest BCUT2D eigenvalue weighted by Gasteiger charge is 2.18. The van der Waals surface area contributed by atoms with E-state index in [1.165, 1.54) is 31.1 Å². The Morgan fingerprint density at radius 1 is 0.396 bits per heavy atom. The normalized spacial score (nSPS) is 11.8. The molecular weight excluding hydrogens is 607 g/mol. The van der Waals surface area contributed by atoms with E-state index in [1.807, 2.05) is 30.3 Å². The van der Waals surface area contributed by atoms with Gasteiger partial charge >= 0.3 is 0 Å². The molecule has 0 saturated carbocycles. The maximum atomic E-state index is 6.42. The number of hydrogen-bond acceptors (Lipinski definition) is 5. The molecule has 10 rings (SSSR count). The summed E-state index contributed by atoms with van der Waals surface area (Å²) < 4.78 is 8.88. The van der Waals surface area contributed by atoms with Crippen LogP contribution in [0.4, 0.5) is 0 Å². The summed E-state index contributed by atoms with van der Waals surface area (Å²) in [5.74, 6) is 1.86. The van der Waals surface area contributed by atoms with Crippen LogP contribution in [0.15, 0.2) is 156 Å². The minimum Gasteiger partial charge on any atom is -0.456 e. The Labute approximate surface area is 279 Å². The average molecular weight is 632 g/mol. The molecule has 48 heavy (non-hydrogen) atoms. The standard InChI is InChI=1S/C43H25N3OS/c1-3-11-26(12-4-1)34-22-31(25-39-40(34)33-17-9-10-18-38(33)48-39)43-45-41(27-13-5-2-6-14-27)44-42(46-43)30-19-20-32-35-21-28-15-7-8-16-29(28)23-37(35)47-36(32)24-30/h1-25H. The molecule has 0 saturated heterocycles. The average Bonchev–Trinajstić information content (AvgIpc) is 3.71. The number of aromatic nitrogens is 3. The van der Waals surface area contributed by atoms with Gasteiger partial charge in [0.25, 0.3) is 0 Å². The molecule has 4 nitrogen and oxygen atoms in total. The Kier molecular flexibility index (Phi) is 6.01. The number of fused-ring (bicyclic) bond motifs is 7. The summed E-state index contributed by atoms with van der Waals surface area (Å²) in [5, 5.41) is 7.03. The molecule has 10 aromatic rings. The molecule has 0 aliphatic heterocycles. The molecule has 7 aromatic carbocycles. The van der Waals surface area contributed by atoms with E-state index in [-0.39, 0.29) is 0 Å². The highest BCUT2D eigenvalue weighted by atomic mass is 32.1. The lowest BCUT2D eigenvalue weighted by molar-refractivity contribution is 0.669. The van der Waals surface area contributed by atoms with Crippen LogP contribution in [0.3, 0.4) is 0 Å². The monoisotopic (exact) mass is 631 g/mol. The maximum absolute atomic E-state index is 6.42. The van der Waals surface area contributed by atoms with Crippen LogP contribution in [0.5, 0.6) is 0 Å². The third-order valence-corrected chi connectivity index (χ3v) is 10.2. The fraction of sp³-hybridized carbons (Fsp3) is 0. The van der Waals surface area contributed by atoms with Crippen LogP contribution in [0.2, 0.25) is 0 Å². The Morgan fingerprint density at radius 3 is 1.81 bits per heavy atom. The number of hydrogen-bond donors (Lipinski definition) is 0. The molecule has 0 radical (unpaired) electrons. The zero-order chi connectivity index (χ0) is 31.6. The molecule has 0 unspecified atom stereocenters. The van der Waals surface area contributed by atoms with Crippen LogP contribution < -0.4 is 0 Å². The quantitative estimate of drug-likeness (QED) is 0.194. The SMILES string of the molecule is c1ccc(-c2nc(-c3ccc4c(c3)oc3cc5ccccc5cc34)nc(-c3cc(-c4ccccc4)c4c(c3)sc3ccccc34)n2)cc1. The van der Waals surface area contributed by atoms with Crippen LogP contribution in [-0.4, -0.2) is 15.0 Å². The van der Waals surface area contributed by atoms with Crippen LogP contribution in [-0.2, 0) is 0 Å². The van der Waals surface area contributed by atoms with E-state index < -0.39 is 0 Å². The zero-order valence-corrected chi connectivity index (χ0v) is 26.4. The van der Waals surface area contributed by atoms with Gasteiger partial charge in [-0.15, -0.1) is 11.3 Å². The summed E-state index contributed by atoms with van der Waals surface area (Å²) >= 11 is 1.80. The fourth-order valence-electron chi connectivity index (χ4n) is 6.78. The number of nitrogens with zero attached hydrogens (tertiary/aromatic N) is 3. The number of rotatable bonds is 4.